The molecule has 24 heavy (non-hydrogen) atoms. The second kappa shape index (κ2) is 9.99. The number of hydrogen-bond acceptors (Lipinski definition) is 4. The molecule has 0 radical (unpaired) electrons. The number of nitrogens with one attached hydrogen (secondary N) is 3. The van der Waals surface area contributed by atoms with Gasteiger partial charge in [-0.25, -0.2) is 9.18 Å². The smallest absolute Gasteiger partial charge is 0.414 e. The summed E-state index contributed by atoms with van der Waals surface area (Å²) in [6, 6.07) is 4.29. The van der Waals surface area contributed by atoms with Crippen LogP contribution in [0.1, 0.15) is 13.8 Å². The first-order valence-corrected chi connectivity index (χ1v) is 8.20. The van der Waals surface area contributed by atoms with Gasteiger partial charge in [0.25, 0.3) is 11.8 Å². The Hall–Kier alpha value is -2.00. The topological polar surface area (TPSA) is 88.9 Å². The molecule has 132 valence electrons. The summed E-state index contributed by atoms with van der Waals surface area (Å²) in [5, 5.41) is 4.52. The van der Waals surface area contributed by atoms with Crippen molar-refractivity contribution >= 4 is 39.5 Å². The summed E-state index contributed by atoms with van der Waals surface area (Å²) < 4.78 is 18.9. The van der Waals surface area contributed by atoms with Gasteiger partial charge in [0, 0.05) is 4.47 Å². The Bertz CT molecular complexity index is 612. The first-order valence-electron chi connectivity index (χ1n) is 7.40. The molecule has 1 atom stereocenters. The summed E-state index contributed by atoms with van der Waals surface area (Å²) in [4.78, 5) is 35.5. The zero-order chi connectivity index (χ0) is 18.1. The van der Waals surface area contributed by atoms with Crippen molar-refractivity contribution in [2.75, 3.05) is 31.6 Å². The molecular weight excluding hydrogens is 385 g/mol. The van der Waals surface area contributed by atoms with Crippen LogP contribution in [0, 0.1) is 5.82 Å². The number of carbonyl (C=O) groups excluding carboxylic acids is 3. The molecule has 0 saturated carbocycles. The van der Waals surface area contributed by atoms with Gasteiger partial charge in [-0.05, 0) is 32.0 Å². The summed E-state index contributed by atoms with van der Waals surface area (Å²) >= 11 is 3.13. The predicted molar refractivity (Wildman–Crippen MR) is 89.1 cm³/mol. The Morgan fingerprint density at radius 2 is 1.88 bits per heavy atom. The van der Waals surface area contributed by atoms with Crippen molar-refractivity contribution in [2.24, 2.45) is 0 Å². The van der Waals surface area contributed by atoms with Crippen LogP contribution in [0.15, 0.2) is 22.7 Å². The molecule has 0 saturated heterocycles. The Morgan fingerprint density at radius 1 is 1.21 bits per heavy atom. The average molecular weight is 405 g/mol. The Morgan fingerprint density at radius 3 is 2.46 bits per heavy atom. The number of anilines is 1. The van der Waals surface area contributed by atoms with Crippen molar-refractivity contribution in [3.63, 3.8) is 0 Å². The second-order valence-electron chi connectivity index (χ2n) is 4.90. The fraction of sp³-hybridized carbons (Fsp3) is 0.400. The fourth-order valence-corrected chi connectivity index (χ4v) is 2.21. The van der Waals surface area contributed by atoms with E-state index in [1.165, 1.54) is 12.1 Å². The van der Waals surface area contributed by atoms with Crippen LogP contribution in [-0.4, -0.2) is 44.1 Å². The van der Waals surface area contributed by atoms with Crippen LogP contribution in [0.4, 0.5) is 14.9 Å². The molecule has 9 heteroatoms. The van der Waals surface area contributed by atoms with Crippen molar-refractivity contribution in [1.29, 1.82) is 0 Å². The van der Waals surface area contributed by atoms with E-state index in [0.29, 0.717) is 15.9 Å². The normalized spacial score (nSPS) is 11.5. The van der Waals surface area contributed by atoms with Gasteiger partial charge in [0.2, 0.25) is 0 Å². The van der Waals surface area contributed by atoms with E-state index in [9.17, 15) is 18.8 Å². The van der Waals surface area contributed by atoms with Crippen molar-refractivity contribution in [2.45, 2.75) is 13.8 Å². The van der Waals surface area contributed by atoms with Gasteiger partial charge in [0.05, 0.1) is 18.8 Å². The van der Waals surface area contributed by atoms with Crippen LogP contribution in [0.3, 0.4) is 0 Å². The minimum atomic E-state index is -0.820. The van der Waals surface area contributed by atoms with Gasteiger partial charge >= 0.3 is 6.09 Å². The second-order valence-corrected chi connectivity index (χ2v) is 5.81. The molecule has 0 spiro atoms. The van der Waals surface area contributed by atoms with E-state index in [0.717, 1.165) is 0 Å². The Labute approximate surface area is 147 Å². The number of rotatable bonds is 7. The highest BCUT2D eigenvalue weighted by atomic mass is 79.9. The highest BCUT2D eigenvalue weighted by Crippen LogP contribution is 2.18. The van der Waals surface area contributed by atoms with E-state index >= 15 is 0 Å². The molecule has 0 fully saturated rings. The molecule has 7 nitrogen and oxygen atoms in total. The monoisotopic (exact) mass is 404 g/mol. The van der Waals surface area contributed by atoms with Gasteiger partial charge in [0.1, 0.15) is 5.82 Å². The van der Waals surface area contributed by atoms with E-state index in [2.05, 4.69) is 31.3 Å². The maximum absolute atomic E-state index is 13.7. The van der Waals surface area contributed by atoms with E-state index in [-0.39, 0.29) is 25.4 Å². The largest absolute Gasteiger partial charge is 0.450 e. The molecule has 1 aromatic rings. The SMILES string of the molecule is CCOC(=O)NC(=O)C[NH+](CC)CC(=O)Nc1ccc(Br)cc1F. The van der Waals surface area contributed by atoms with Crippen LogP contribution in [0.5, 0.6) is 0 Å². The zero-order valence-corrected chi connectivity index (χ0v) is 15.0. The van der Waals surface area contributed by atoms with Crippen LogP contribution < -0.4 is 15.5 Å². The number of quaternary nitrogens is 1. The highest BCUT2D eigenvalue weighted by molar-refractivity contribution is 9.10. The molecular formula is C15H20BrFN3O4+. The molecule has 1 rings (SSSR count). The van der Waals surface area contributed by atoms with Gasteiger partial charge in [-0.3, -0.25) is 14.9 Å². The number of imide groups is 1. The van der Waals surface area contributed by atoms with E-state index in [4.69, 9.17) is 0 Å². The minimum Gasteiger partial charge on any atom is -0.450 e. The quantitative estimate of drug-likeness (QED) is 0.624. The third kappa shape index (κ3) is 7.05. The number of carbonyl (C=O) groups is 3. The minimum absolute atomic E-state index is 0.0394. The lowest BCUT2D eigenvalue weighted by atomic mass is 10.3. The summed E-state index contributed by atoms with van der Waals surface area (Å²) in [5.41, 5.74) is 0.0645. The first kappa shape index (κ1) is 20.0. The lowest BCUT2D eigenvalue weighted by molar-refractivity contribution is -0.881. The summed E-state index contributed by atoms with van der Waals surface area (Å²) in [6.07, 6.45) is -0.820. The van der Waals surface area contributed by atoms with Gasteiger partial charge in [-0.15, -0.1) is 0 Å². The highest BCUT2D eigenvalue weighted by Gasteiger charge is 2.19. The summed E-state index contributed by atoms with van der Waals surface area (Å²) in [6.45, 7) is 3.94. The van der Waals surface area contributed by atoms with Gasteiger partial charge in [-0.2, -0.15) is 0 Å². The average Bonchev–Trinajstić information content (AvgIpc) is 2.49. The van der Waals surface area contributed by atoms with Gasteiger partial charge in [0.15, 0.2) is 13.1 Å². The van der Waals surface area contributed by atoms with Crippen molar-refractivity contribution < 1.29 is 28.4 Å². The molecule has 1 aromatic carbocycles. The first-order chi connectivity index (χ1) is 11.3. The third-order valence-electron chi connectivity index (χ3n) is 3.04. The number of likely N-dealkylation sites (N-methyl/N-ethyl adjacent to an activating group) is 1. The van der Waals surface area contributed by atoms with Crippen LogP contribution >= 0.6 is 15.9 Å². The molecule has 0 bridgehead atoms. The number of halogens is 2. The lowest BCUT2D eigenvalue weighted by Crippen LogP contribution is -3.14. The van der Waals surface area contributed by atoms with Crippen LogP contribution in [0.2, 0.25) is 0 Å². The standard InChI is InChI=1S/C15H19BrFN3O4/c1-3-20(9-14(22)19-15(23)24-4-2)8-13(21)18-12-6-5-10(16)7-11(12)17/h5-7H,3-4,8-9H2,1-2H3,(H,18,21)(H,19,22,23)/p+1. The summed E-state index contributed by atoms with van der Waals surface area (Å²) in [7, 11) is 0. The van der Waals surface area contributed by atoms with Gasteiger partial charge in [-0.1, -0.05) is 15.9 Å². The van der Waals surface area contributed by atoms with Crippen LogP contribution in [-0.2, 0) is 14.3 Å². The van der Waals surface area contributed by atoms with Crippen molar-refractivity contribution in [1.82, 2.24) is 5.32 Å². The lowest BCUT2D eigenvalue weighted by Gasteiger charge is -2.16. The number of benzene rings is 1. The molecule has 0 aliphatic rings. The number of alkyl carbamates (subject to hydrolysis) is 1. The maximum atomic E-state index is 13.7. The third-order valence-corrected chi connectivity index (χ3v) is 3.54. The zero-order valence-electron chi connectivity index (χ0n) is 13.4. The van der Waals surface area contributed by atoms with E-state index in [1.807, 2.05) is 0 Å². The fourth-order valence-electron chi connectivity index (χ4n) is 1.88. The maximum Gasteiger partial charge on any atom is 0.414 e. The molecule has 0 aliphatic heterocycles. The number of hydrogen-bond donors (Lipinski definition) is 3. The molecule has 0 heterocycles. The summed E-state index contributed by atoms with van der Waals surface area (Å²) in [5.74, 6) is -1.54. The Kier molecular flexibility index (Phi) is 8.34. The molecule has 1 unspecified atom stereocenters. The van der Waals surface area contributed by atoms with Crippen molar-refractivity contribution in [3.05, 3.63) is 28.5 Å². The predicted octanol–water partition coefficient (Wildman–Crippen LogP) is 0.704. The molecule has 0 aliphatic carbocycles. The number of amides is 3. The molecule has 3 N–H and O–H groups in total. The van der Waals surface area contributed by atoms with E-state index < -0.39 is 23.7 Å². The number of ether oxygens (including phenoxy) is 1. The molecule has 3 amide bonds. The van der Waals surface area contributed by atoms with Gasteiger partial charge < -0.3 is 15.0 Å². The van der Waals surface area contributed by atoms with Crippen molar-refractivity contribution in [3.8, 4) is 0 Å². The Balaban J connectivity index is 2.53. The van der Waals surface area contributed by atoms with Crippen LogP contribution in [0.25, 0.3) is 0 Å². The molecule has 0 aromatic heterocycles. The van der Waals surface area contributed by atoms with E-state index in [1.54, 1.807) is 19.9 Å².